The first-order valence-corrected chi connectivity index (χ1v) is 6.18. The van der Waals surface area contributed by atoms with Crippen molar-refractivity contribution in [3.63, 3.8) is 0 Å². The van der Waals surface area contributed by atoms with Crippen LogP contribution in [0.4, 0.5) is 5.69 Å². The van der Waals surface area contributed by atoms with Crippen molar-refractivity contribution < 1.29 is 4.79 Å². The van der Waals surface area contributed by atoms with Crippen LogP contribution in [-0.4, -0.2) is 20.9 Å². The van der Waals surface area contributed by atoms with Gasteiger partial charge in [0.15, 0.2) is 0 Å². The smallest absolute Gasteiger partial charge is 0.275 e. The van der Waals surface area contributed by atoms with Gasteiger partial charge < -0.3 is 5.32 Å². The fourth-order valence-electron chi connectivity index (χ4n) is 1.97. The van der Waals surface area contributed by atoms with Crippen molar-refractivity contribution in [2.45, 2.75) is 6.92 Å². The minimum absolute atomic E-state index is 0.282. The maximum atomic E-state index is 12.1. The van der Waals surface area contributed by atoms with Gasteiger partial charge in [-0.1, -0.05) is 6.07 Å². The number of nitrogens with zero attached hydrogens (tertiary/aromatic N) is 3. The summed E-state index contributed by atoms with van der Waals surface area (Å²) in [5, 5.41) is 3.74. The molecule has 3 aromatic rings. The number of amides is 1. The fourth-order valence-corrected chi connectivity index (χ4v) is 1.97. The van der Waals surface area contributed by atoms with Gasteiger partial charge in [-0.2, -0.15) is 0 Å². The van der Waals surface area contributed by atoms with E-state index in [-0.39, 0.29) is 11.6 Å². The van der Waals surface area contributed by atoms with E-state index in [9.17, 15) is 4.79 Å². The minimum atomic E-state index is -0.286. The van der Waals surface area contributed by atoms with E-state index in [2.05, 4.69) is 20.3 Å². The van der Waals surface area contributed by atoms with Gasteiger partial charge in [0.1, 0.15) is 5.69 Å². The normalized spacial score (nSPS) is 10.4. The highest BCUT2D eigenvalue weighted by Crippen LogP contribution is 2.22. The number of nitrogens with one attached hydrogen (secondary N) is 1. The Morgan fingerprint density at radius 2 is 2.05 bits per heavy atom. The molecular formula is C15H12N4O. The molecule has 0 atom stereocenters. The van der Waals surface area contributed by atoms with Gasteiger partial charge in [0.25, 0.3) is 5.91 Å². The molecular weight excluding hydrogens is 252 g/mol. The molecule has 2 heterocycles. The number of carbonyl (C=O) groups excluding carboxylic acids is 1. The number of benzene rings is 1. The lowest BCUT2D eigenvalue weighted by Crippen LogP contribution is -2.14. The quantitative estimate of drug-likeness (QED) is 0.772. The first kappa shape index (κ1) is 12.2. The second-order valence-electron chi connectivity index (χ2n) is 4.37. The second kappa shape index (κ2) is 5.05. The molecule has 0 aliphatic rings. The summed E-state index contributed by atoms with van der Waals surface area (Å²) in [6.45, 7) is 1.93. The van der Waals surface area contributed by atoms with E-state index in [1.54, 1.807) is 0 Å². The molecule has 0 saturated carbocycles. The second-order valence-corrected chi connectivity index (χ2v) is 4.37. The summed E-state index contributed by atoms with van der Waals surface area (Å²) in [6, 6.07) is 9.49. The van der Waals surface area contributed by atoms with Gasteiger partial charge in [0.2, 0.25) is 0 Å². The third kappa shape index (κ3) is 2.33. The topological polar surface area (TPSA) is 67.8 Å². The van der Waals surface area contributed by atoms with Crippen LogP contribution < -0.4 is 5.32 Å². The minimum Gasteiger partial charge on any atom is -0.320 e. The summed E-state index contributed by atoms with van der Waals surface area (Å²) in [6.07, 6.45) is 4.45. The third-order valence-electron chi connectivity index (χ3n) is 2.92. The Kier molecular flexibility index (Phi) is 3.09. The Bertz CT molecular complexity index is 771. The van der Waals surface area contributed by atoms with Gasteiger partial charge in [-0.3, -0.25) is 14.8 Å². The van der Waals surface area contributed by atoms with Gasteiger partial charge in [0, 0.05) is 23.5 Å². The monoisotopic (exact) mass is 264 g/mol. The van der Waals surface area contributed by atoms with Gasteiger partial charge >= 0.3 is 0 Å². The van der Waals surface area contributed by atoms with E-state index < -0.39 is 0 Å². The van der Waals surface area contributed by atoms with Crippen molar-refractivity contribution in [3.8, 4) is 0 Å². The summed E-state index contributed by atoms with van der Waals surface area (Å²) in [5.74, 6) is -0.286. The van der Waals surface area contributed by atoms with Gasteiger partial charge in [-0.15, -0.1) is 0 Å². The zero-order valence-electron chi connectivity index (χ0n) is 10.9. The number of rotatable bonds is 2. The zero-order chi connectivity index (χ0) is 13.9. The molecule has 0 radical (unpaired) electrons. The summed E-state index contributed by atoms with van der Waals surface area (Å²) >= 11 is 0. The van der Waals surface area contributed by atoms with Crippen molar-refractivity contribution in [3.05, 3.63) is 60.3 Å². The molecule has 0 spiro atoms. The fraction of sp³-hybridized carbons (Fsp3) is 0.0667. The molecule has 5 nitrogen and oxygen atoms in total. The molecule has 1 aromatic carbocycles. The van der Waals surface area contributed by atoms with Crippen LogP contribution in [0.15, 0.2) is 48.9 Å². The highest BCUT2D eigenvalue weighted by molar-refractivity contribution is 6.07. The number of hydrogen-bond acceptors (Lipinski definition) is 4. The largest absolute Gasteiger partial charge is 0.320 e. The van der Waals surface area contributed by atoms with E-state index in [4.69, 9.17) is 0 Å². The Morgan fingerprint density at radius 3 is 2.85 bits per heavy atom. The molecule has 1 amide bonds. The van der Waals surface area contributed by atoms with Crippen molar-refractivity contribution >= 4 is 22.5 Å². The van der Waals surface area contributed by atoms with E-state index in [0.29, 0.717) is 5.69 Å². The summed E-state index contributed by atoms with van der Waals surface area (Å²) in [5.41, 5.74) is 2.78. The number of hydrogen-bond donors (Lipinski definition) is 1. The van der Waals surface area contributed by atoms with Crippen LogP contribution in [0.3, 0.4) is 0 Å². The Hall–Kier alpha value is -2.82. The summed E-state index contributed by atoms with van der Waals surface area (Å²) in [4.78, 5) is 24.4. The number of aromatic nitrogens is 3. The van der Waals surface area contributed by atoms with Gasteiger partial charge in [0.05, 0.1) is 17.4 Å². The van der Waals surface area contributed by atoms with E-state index in [0.717, 1.165) is 16.6 Å². The first-order valence-electron chi connectivity index (χ1n) is 6.18. The van der Waals surface area contributed by atoms with Crippen molar-refractivity contribution in [1.82, 2.24) is 15.0 Å². The number of pyridine rings is 1. The van der Waals surface area contributed by atoms with E-state index >= 15 is 0 Å². The van der Waals surface area contributed by atoms with Crippen molar-refractivity contribution in [2.75, 3.05) is 5.32 Å². The van der Waals surface area contributed by atoms with Crippen LogP contribution in [0.2, 0.25) is 0 Å². The maximum Gasteiger partial charge on any atom is 0.275 e. The van der Waals surface area contributed by atoms with Crippen LogP contribution in [0, 0.1) is 6.92 Å². The lowest BCUT2D eigenvalue weighted by molar-refractivity contribution is 0.102. The number of anilines is 1. The van der Waals surface area contributed by atoms with Crippen LogP contribution >= 0.6 is 0 Å². The number of fused-ring (bicyclic) bond motifs is 1. The van der Waals surface area contributed by atoms with Gasteiger partial charge in [-0.25, -0.2) is 4.98 Å². The van der Waals surface area contributed by atoms with Crippen LogP contribution in [0.5, 0.6) is 0 Å². The molecule has 0 saturated heterocycles. The van der Waals surface area contributed by atoms with Crippen molar-refractivity contribution in [2.24, 2.45) is 0 Å². The average molecular weight is 264 g/mol. The lowest BCUT2D eigenvalue weighted by Gasteiger charge is -2.08. The van der Waals surface area contributed by atoms with E-state index in [1.807, 2.05) is 37.3 Å². The van der Waals surface area contributed by atoms with Crippen LogP contribution in [0.25, 0.3) is 10.9 Å². The summed E-state index contributed by atoms with van der Waals surface area (Å²) in [7, 11) is 0. The number of aryl methyl sites for hydroxylation is 1. The molecule has 0 unspecified atom stereocenters. The molecule has 3 rings (SSSR count). The Balaban J connectivity index is 1.97. The molecule has 0 fully saturated rings. The average Bonchev–Trinajstić information content (AvgIpc) is 2.48. The molecule has 2 aromatic heterocycles. The molecule has 1 N–H and O–H groups in total. The summed E-state index contributed by atoms with van der Waals surface area (Å²) < 4.78 is 0. The SMILES string of the molecule is Cc1ccc2c(NC(=O)c3cnccn3)cccc2n1. The molecule has 0 aliphatic heterocycles. The van der Waals surface area contributed by atoms with Gasteiger partial charge in [-0.05, 0) is 31.2 Å². The number of carbonyl (C=O) groups is 1. The standard InChI is InChI=1S/C15H12N4O/c1-10-5-6-11-12(18-10)3-2-4-13(11)19-15(20)14-9-16-7-8-17-14/h2-9H,1H3,(H,19,20). The molecule has 0 bridgehead atoms. The predicted octanol–water partition coefficient (Wildman–Crippen LogP) is 2.59. The first-order chi connectivity index (χ1) is 9.74. The van der Waals surface area contributed by atoms with E-state index in [1.165, 1.54) is 18.6 Å². The maximum absolute atomic E-state index is 12.1. The highest BCUT2D eigenvalue weighted by Gasteiger charge is 2.09. The molecule has 20 heavy (non-hydrogen) atoms. The zero-order valence-corrected chi connectivity index (χ0v) is 10.9. The highest BCUT2D eigenvalue weighted by atomic mass is 16.1. The molecule has 98 valence electrons. The van der Waals surface area contributed by atoms with Crippen LogP contribution in [-0.2, 0) is 0 Å². The predicted molar refractivity (Wildman–Crippen MR) is 76.5 cm³/mol. The third-order valence-corrected chi connectivity index (χ3v) is 2.92. The Morgan fingerprint density at radius 1 is 1.15 bits per heavy atom. The molecule has 5 heteroatoms. The lowest BCUT2D eigenvalue weighted by atomic mass is 10.1. The molecule has 0 aliphatic carbocycles. The Labute approximate surface area is 115 Å². The van der Waals surface area contributed by atoms with Crippen molar-refractivity contribution in [1.29, 1.82) is 0 Å². The van der Waals surface area contributed by atoms with Crippen LogP contribution in [0.1, 0.15) is 16.2 Å².